The molecule has 6 heteroatoms. The van der Waals surface area contributed by atoms with E-state index in [1.807, 2.05) is 0 Å². The summed E-state index contributed by atoms with van der Waals surface area (Å²) >= 11 is 3.16. The number of benzene rings is 1. The summed E-state index contributed by atoms with van der Waals surface area (Å²) < 4.78 is 14.8. The molecule has 0 amide bonds. The highest BCUT2D eigenvalue weighted by atomic mass is 32.2. The van der Waals surface area contributed by atoms with E-state index in [1.54, 1.807) is 40.2 Å². The van der Waals surface area contributed by atoms with E-state index in [4.69, 9.17) is 4.98 Å². The van der Waals surface area contributed by atoms with Crippen LogP contribution in [0.15, 0.2) is 39.1 Å². The van der Waals surface area contributed by atoms with Gasteiger partial charge in [0.15, 0.2) is 5.16 Å². The van der Waals surface area contributed by atoms with Crippen LogP contribution in [0.5, 0.6) is 0 Å². The molecule has 116 valence electrons. The van der Waals surface area contributed by atoms with E-state index >= 15 is 0 Å². The summed E-state index contributed by atoms with van der Waals surface area (Å²) in [5.74, 6) is 0.592. The van der Waals surface area contributed by atoms with Crippen molar-refractivity contribution in [1.29, 1.82) is 0 Å². The number of rotatable bonds is 4. The Bertz CT molecular complexity index is 743. The summed E-state index contributed by atoms with van der Waals surface area (Å²) in [6.07, 6.45) is 1.84. The van der Waals surface area contributed by atoms with Crippen LogP contribution in [0, 0.1) is 5.82 Å². The zero-order valence-corrected chi connectivity index (χ0v) is 14.1. The average molecular weight is 336 g/mol. The second kappa shape index (κ2) is 6.46. The predicted octanol–water partition coefficient (Wildman–Crippen LogP) is 3.91. The second-order valence-electron chi connectivity index (χ2n) is 5.22. The van der Waals surface area contributed by atoms with Crippen molar-refractivity contribution in [3.05, 3.63) is 46.1 Å². The van der Waals surface area contributed by atoms with Gasteiger partial charge in [-0.1, -0.05) is 25.6 Å². The fraction of sp³-hybridized carbons (Fsp3) is 0.375. The molecule has 1 aromatic heterocycles. The van der Waals surface area contributed by atoms with E-state index in [0.717, 1.165) is 29.2 Å². The Balaban J connectivity index is 2.17. The molecule has 0 bridgehead atoms. The molecule has 2 heterocycles. The van der Waals surface area contributed by atoms with Gasteiger partial charge in [-0.05, 0) is 30.7 Å². The maximum atomic E-state index is 13.2. The van der Waals surface area contributed by atoms with Gasteiger partial charge in [0.1, 0.15) is 5.82 Å². The molecule has 0 saturated carbocycles. The quantitative estimate of drug-likeness (QED) is 0.626. The van der Waals surface area contributed by atoms with E-state index in [1.165, 1.54) is 12.1 Å². The third kappa shape index (κ3) is 2.94. The molecule has 3 nitrogen and oxygen atoms in total. The summed E-state index contributed by atoms with van der Waals surface area (Å²) in [6, 6.07) is 6.01. The van der Waals surface area contributed by atoms with Crippen LogP contribution in [0.1, 0.15) is 26.0 Å². The first-order valence-electron chi connectivity index (χ1n) is 7.31. The first-order chi connectivity index (χ1) is 10.6. The third-order valence-corrected chi connectivity index (χ3v) is 5.96. The molecule has 1 aliphatic rings. The lowest BCUT2D eigenvalue weighted by Gasteiger charge is -2.16. The molecule has 0 fully saturated rings. The van der Waals surface area contributed by atoms with Crippen molar-refractivity contribution in [3.63, 3.8) is 0 Å². The van der Waals surface area contributed by atoms with Crippen LogP contribution in [0.25, 0.3) is 5.69 Å². The van der Waals surface area contributed by atoms with Gasteiger partial charge >= 0.3 is 0 Å². The van der Waals surface area contributed by atoms with Crippen LogP contribution in [0.2, 0.25) is 0 Å². The van der Waals surface area contributed by atoms with Gasteiger partial charge in [-0.25, -0.2) is 9.37 Å². The monoisotopic (exact) mass is 336 g/mol. The lowest BCUT2D eigenvalue weighted by molar-refractivity contribution is 0.626. The minimum absolute atomic E-state index is 0.0371. The van der Waals surface area contributed by atoms with Gasteiger partial charge in [0.25, 0.3) is 5.56 Å². The van der Waals surface area contributed by atoms with E-state index in [0.29, 0.717) is 16.1 Å². The molecule has 22 heavy (non-hydrogen) atoms. The first kappa shape index (κ1) is 15.6. The average Bonchev–Trinajstić information content (AvgIpc) is 2.97. The van der Waals surface area contributed by atoms with Crippen molar-refractivity contribution in [2.75, 3.05) is 5.75 Å². The Morgan fingerprint density at radius 1 is 1.41 bits per heavy atom. The van der Waals surface area contributed by atoms with Crippen LogP contribution in [-0.2, 0) is 6.42 Å². The maximum absolute atomic E-state index is 13.2. The molecule has 0 aliphatic carbocycles. The fourth-order valence-corrected chi connectivity index (χ4v) is 4.26. The summed E-state index contributed by atoms with van der Waals surface area (Å²) in [5, 5.41) is 1.07. The van der Waals surface area contributed by atoms with Crippen molar-refractivity contribution >= 4 is 23.5 Å². The number of thioether (sulfide) groups is 2. The van der Waals surface area contributed by atoms with E-state index in [-0.39, 0.29) is 11.4 Å². The van der Waals surface area contributed by atoms with Crippen molar-refractivity contribution in [2.24, 2.45) is 0 Å². The third-order valence-electron chi connectivity index (χ3n) is 3.63. The Labute approximate surface area is 137 Å². The largest absolute Gasteiger partial charge is 0.272 e. The second-order valence-corrected chi connectivity index (χ2v) is 7.73. The van der Waals surface area contributed by atoms with Gasteiger partial charge in [0.2, 0.25) is 0 Å². The Morgan fingerprint density at radius 2 is 2.14 bits per heavy atom. The molecular weight excluding hydrogens is 319 g/mol. The van der Waals surface area contributed by atoms with Crippen molar-refractivity contribution in [2.45, 2.75) is 42.0 Å². The normalized spacial score (nSPS) is 14.9. The van der Waals surface area contributed by atoms with Crippen LogP contribution in [0.4, 0.5) is 4.39 Å². The minimum atomic E-state index is -0.309. The molecule has 1 aliphatic heterocycles. The molecule has 0 N–H and O–H groups in total. The van der Waals surface area contributed by atoms with Crippen LogP contribution in [0.3, 0.4) is 0 Å². The van der Waals surface area contributed by atoms with Crippen molar-refractivity contribution < 1.29 is 4.39 Å². The number of hydrogen-bond acceptors (Lipinski definition) is 4. The van der Waals surface area contributed by atoms with Gasteiger partial charge < -0.3 is 0 Å². The molecule has 3 rings (SSSR count). The highest BCUT2D eigenvalue weighted by molar-refractivity contribution is 8.00. The van der Waals surface area contributed by atoms with E-state index in [9.17, 15) is 9.18 Å². The smallest absolute Gasteiger partial charge is 0.268 e. The van der Waals surface area contributed by atoms with Crippen LogP contribution in [-0.4, -0.2) is 20.6 Å². The highest BCUT2D eigenvalue weighted by Crippen LogP contribution is 2.31. The van der Waals surface area contributed by atoms with Gasteiger partial charge in [-0.2, -0.15) is 0 Å². The van der Waals surface area contributed by atoms with Crippen molar-refractivity contribution in [1.82, 2.24) is 9.55 Å². The number of nitrogens with zero attached hydrogens (tertiary/aromatic N) is 2. The summed E-state index contributed by atoms with van der Waals surface area (Å²) in [4.78, 5) is 18.3. The SMILES string of the molecule is CC[C@@H](C)Sc1nc2c(c(=O)n1-c1ccc(F)cc1)SCC2. The number of fused-ring (bicyclic) bond motifs is 1. The lowest BCUT2D eigenvalue weighted by Crippen LogP contribution is -2.24. The Kier molecular flexibility index (Phi) is 4.59. The summed E-state index contributed by atoms with van der Waals surface area (Å²) in [5.41, 5.74) is 1.53. The van der Waals surface area contributed by atoms with Gasteiger partial charge in [0, 0.05) is 17.4 Å². The van der Waals surface area contributed by atoms with E-state index < -0.39 is 0 Å². The van der Waals surface area contributed by atoms with E-state index in [2.05, 4.69) is 13.8 Å². The predicted molar refractivity (Wildman–Crippen MR) is 89.8 cm³/mol. The summed E-state index contributed by atoms with van der Waals surface area (Å²) in [6.45, 7) is 4.23. The van der Waals surface area contributed by atoms with Crippen molar-refractivity contribution in [3.8, 4) is 5.69 Å². The fourth-order valence-electron chi connectivity index (χ4n) is 2.25. The number of aryl methyl sites for hydroxylation is 1. The lowest BCUT2D eigenvalue weighted by atomic mass is 10.3. The summed E-state index contributed by atoms with van der Waals surface area (Å²) in [7, 11) is 0. The number of halogens is 1. The zero-order chi connectivity index (χ0) is 15.7. The molecule has 1 atom stereocenters. The maximum Gasteiger partial charge on any atom is 0.272 e. The van der Waals surface area contributed by atoms with Crippen LogP contribution < -0.4 is 5.56 Å². The highest BCUT2D eigenvalue weighted by Gasteiger charge is 2.23. The molecule has 0 radical (unpaired) electrons. The molecule has 1 aromatic carbocycles. The minimum Gasteiger partial charge on any atom is -0.268 e. The standard InChI is InChI=1S/C16H17FN2OS2/c1-3-10(2)22-16-18-13-8-9-21-14(13)15(20)19(16)12-6-4-11(17)5-7-12/h4-7,10H,3,8-9H2,1-2H3/t10-/m1/s1. The van der Waals surface area contributed by atoms with Gasteiger partial charge in [-0.15, -0.1) is 11.8 Å². The Morgan fingerprint density at radius 3 is 2.82 bits per heavy atom. The molecular formula is C16H17FN2OS2. The Hall–Kier alpha value is -1.27. The van der Waals surface area contributed by atoms with Crippen LogP contribution >= 0.6 is 23.5 Å². The number of aromatic nitrogens is 2. The molecule has 2 aromatic rings. The first-order valence-corrected chi connectivity index (χ1v) is 9.18. The zero-order valence-electron chi connectivity index (χ0n) is 12.5. The van der Waals surface area contributed by atoms with Gasteiger partial charge in [0.05, 0.1) is 16.3 Å². The molecule has 0 spiro atoms. The number of hydrogen-bond donors (Lipinski definition) is 0. The topological polar surface area (TPSA) is 34.9 Å². The van der Waals surface area contributed by atoms with Gasteiger partial charge in [-0.3, -0.25) is 9.36 Å². The molecule has 0 unspecified atom stereocenters. The molecule has 0 saturated heterocycles.